The predicted molar refractivity (Wildman–Crippen MR) is 78.2 cm³/mol. The van der Waals surface area contributed by atoms with Gasteiger partial charge >= 0.3 is 5.97 Å². The first-order valence-corrected chi connectivity index (χ1v) is 7.19. The number of carboxylic acids is 1. The number of carbonyl (C=O) groups is 2. The number of carboxylic acid groups (broad SMARTS) is 1. The molecule has 0 aromatic heterocycles. The van der Waals surface area contributed by atoms with Crippen molar-refractivity contribution in [3.05, 3.63) is 28.8 Å². The molecule has 0 unspecified atom stereocenters. The highest BCUT2D eigenvalue weighted by Crippen LogP contribution is 2.30. The molecule has 108 valence electrons. The number of halogens is 1. The highest BCUT2D eigenvalue weighted by molar-refractivity contribution is 6.31. The van der Waals surface area contributed by atoms with E-state index in [9.17, 15) is 9.59 Å². The first kappa shape index (κ1) is 14.9. The van der Waals surface area contributed by atoms with Crippen LogP contribution in [0.5, 0.6) is 0 Å². The summed E-state index contributed by atoms with van der Waals surface area (Å²) >= 11 is 5.79. The number of rotatable bonds is 3. The summed E-state index contributed by atoms with van der Waals surface area (Å²) in [6.45, 7) is 2.19. The molecule has 0 spiro atoms. The smallest absolute Gasteiger partial charge is 0.337 e. The van der Waals surface area contributed by atoms with Gasteiger partial charge in [-0.2, -0.15) is 0 Å². The molecular weight excluding hydrogens is 278 g/mol. The fraction of sp³-hybridized carbons (Fsp3) is 0.467. The second kappa shape index (κ2) is 6.27. The van der Waals surface area contributed by atoms with E-state index in [-0.39, 0.29) is 17.4 Å². The zero-order valence-electron chi connectivity index (χ0n) is 11.4. The summed E-state index contributed by atoms with van der Waals surface area (Å²) in [6.07, 6.45) is 3.82. The van der Waals surface area contributed by atoms with Crippen molar-refractivity contribution in [2.24, 2.45) is 11.8 Å². The molecule has 1 amide bonds. The van der Waals surface area contributed by atoms with Crippen LogP contribution in [0.25, 0.3) is 0 Å². The van der Waals surface area contributed by atoms with Gasteiger partial charge in [0, 0.05) is 10.9 Å². The van der Waals surface area contributed by atoms with Crippen molar-refractivity contribution in [2.75, 3.05) is 5.32 Å². The number of carbonyl (C=O) groups excluding carboxylic acids is 1. The summed E-state index contributed by atoms with van der Waals surface area (Å²) < 4.78 is 0. The number of anilines is 1. The van der Waals surface area contributed by atoms with E-state index in [0.29, 0.717) is 16.6 Å². The van der Waals surface area contributed by atoms with Gasteiger partial charge in [0.25, 0.3) is 0 Å². The molecule has 4 nitrogen and oxygen atoms in total. The van der Waals surface area contributed by atoms with Crippen molar-refractivity contribution in [3.63, 3.8) is 0 Å². The predicted octanol–water partition coefficient (Wildman–Crippen LogP) is 3.80. The molecule has 1 saturated carbocycles. The molecule has 0 bridgehead atoms. The third kappa shape index (κ3) is 3.51. The van der Waals surface area contributed by atoms with Crippen LogP contribution >= 0.6 is 11.6 Å². The van der Waals surface area contributed by atoms with E-state index in [4.69, 9.17) is 16.7 Å². The third-order valence-corrected chi connectivity index (χ3v) is 4.09. The molecule has 1 aromatic rings. The van der Waals surface area contributed by atoms with Crippen molar-refractivity contribution in [1.29, 1.82) is 0 Å². The normalized spacial score (nSPS) is 22.3. The van der Waals surface area contributed by atoms with Gasteiger partial charge in [-0.05, 0) is 49.8 Å². The number of nitrogens with one attached hydrogen (secondary N) is 1. The molecule has 1 aliphatic rings. The van der Waals surface area contributed by atoms with Crippen LogP contribution in [0.4, 0.5) is 5.69 Å². The number of aromatic carboxylic acids is 1. The van der Waals surface area contributed by atoms with Crippen LogP contribution in [0.15, 0.2) is 18.2 Å². The molecule has 0 saturated heterocycles. The van der Waals surface area contributed by atoms with Crippen molar-refractivity contribution in [3.8, 4) is 0 Å². The Morgan fingerprint density at radius 3 is 2.50 bits per heavy atom. The maximum absolute atomic E-state index is 12.2. The van der Waals surface area contributed by atoms with E-state index in [1.54, 1.807) is 6.07 Å². The second-order valence-corrected chi connectivity index (χ2v) is 5.88. The van der Waals surface area contributed by atoms with E-state index in [0.717, 1.165) is 25.7 Å². The fourth-order valence-electron chi connectivity index (χ4n) is 2.56. The van der Waals surface area contributed by atoms with E-state index in [1.165, 1.54) is 12.1 Å². The first-order chi connectivity index (χ1) is 9.47. The van der Waals surface area contributed by atoms with Crippen molar-refractivity contribution in [2.45, 2.75) is 32.6 Å². The SMILES string of the molecule is CC1CCC(C(=O)Nc2ccc(Cl)cc2C(=O)O)CC1. The van der Waals surface area contributed by atoms with Gasteiger partial charge in [0.2, 0.25) is 5.91 Å². The molecule has 20 heavy (non-hydrogen) atoms. The Morgan fingerprint density at radius 1 is 1.25 bits per heavy atom. The zero-order valence-corrected chi connectivity index (χ0v) is 12.1. The molecule has 0 radical (unpaired) electrons. The summed E-state index contributed by atoms with van der Waals surface area (Å²) in [7, 11) is 0. The minimum Gasteiger partial charge on any atom is -0.478 e. The number of amides is 1. The maximum Gasteiger partial charge on any atom is 0.337 e. The molecule has 0 heterocycles. The standard InChI is InChI=1S/C15H18ClNO3/c1-9-2-4-10(5-3-9)14(18)17-13-7-6-11(16)8-12(13)15(19)20/h6-10H,2-5H2,1H3,(H,17,18)(H,19,20). The summed E-state index contributed by atoms with van der Waals surface area (Å²) in [6, 6.07) is 4.46. The van der Waals surface area contributed by atoms with Gasteiger partial charge in [0.1, 0.15) is 0 Å². The van der Waals surface area contributed by atoms with Crippen LogP contribution in [-0.2, 0) is 4.79 Å². The van der Waals surface area contributed by atoms with Gasteiger partial charge in [0.05, 0.1) is 11.3 Å². The van der Waals surface area contributed by atoms with Crippen LogP contribution < -0.4 is 5.32 Å². The largest absolute Gasteiger partial charge is 0.478 e. The molecule has 1 aliphatic carbocycles. The van der Waals surface area contributed by atoms with Crippen LogP contribution in [0, 0.1) is 11.8 Å². The number of benzene rings is 1. The van der Waals surface area contributed by atoms with Gasteiger partial charge in [-0.1, -0.05) is 18.5 Å². The Balaban J connectivity index is 2.10. The zero-order chi connectivity index (χ0) is 14.7. The lowest BCUT2D eigenvalue weighted by molar-refractivity contribution is -0.121. The van der Waals surface area contributed by atoms with E-state index >= 15 is 0 Å². The topological polar surface area (TPSA) is 66.4 Å². The molecule has 1 fully saturated rings. The van der Waals surface area contributed by atoms with E-state index < -0.39 is 5.97 Å². The average molecular weight is 296 g/mol. The third-order valence-electron chi connectivity index (χ3n) is 3.86. The molecule has 5 heteroatoms. The second-order valence-electron chi connectivity index (χ2n) is 5.44. The maximum atomic E-state index is 12.2. The van der Waals surface area contributed by atoms with Crippen molar-refractivity contribution >= 4 is 29.2 Å². The summed E-state index contributed by atoms with van der Waals surface area (Å²) in [5.74, 6) is -0.547. The van der Waals surface area contributed by atoms with Crippen molar-refractivity contribution in [1.82, 2.24) is 0 Å². The monoisotopic (exact) mass is 295 g/mol. The Bertz CT molecular complexity index is 522. The minimum atomic E-state index is -1.10. The Kier molecular flexibility index (Phi) is 4.65. The Labute approximate surface area is 123 Å². The van der Waals surface area contributed by atoms with Gasteiger partial charge in [-0.15, -0.1) is 0 Å². The molecule has 0 aliphatic heterocycles. The molecule has 1 aromatic carbocycles. The highest BCUT2D eigenvalue weighted by Gasteiger charge is 2.25. The number of hydrogen-bond acceptors (Lipinski definition) is 2. The average Bonchev–Trinajstić information content (AvgIpc) is 2.41. The van der Waals surface area contributed by atoms with Crippen LogP contribution in [0.1, 0.15) is 43.0 Å². The molecule has 2 rings (SSSR count). The quantitative estimate of drug-likeness (QED) is 0.891. The van der Waals surface area contributed by atoms with E-state index in [1.807, 2.05) is 0 Å². The molecular formula is C15H18ClNO3. The van der Waals surface area contributed by atoms with Gasteiger partial charge in [0.15, 0.2) is 0 Å². The first-order valence-electron chi connectivity index (χ1n) is 6.81. The number of hydrogen-bond donors (Lipinski definition) is 2. The summed E-state index contributed by atoms with van der Waals surface area (Å²) in [5.41, 5.74) is 0.334. The Hall–Kier alpha value is -1.55. The molecule has 2 N–H and O–H groups in total. The molecule has 0 atom stereocenters. The summed E-state index contributed by atoms with van der Waals surface area (Å²) in [5, 5.41) is 12.2. The lowest BCUT2D eigenvalue weighted by atomic mass is 9.82. The fourth-order valence-corrected chi connectivity index (χ4v) is 2.73. The van der Waals surface area contributed by atoms with Gasteiger partial charge < -0.3 is 10.4 Å². The van der Waals surface area contributed by atoms with Gasteiger partial charge in [-0.25, -0.2) is 4.79 Å². The van der Waals surface area contributed by atoms with Gasteiger partial charge in [-0.3, -0.25) is 4.79 Å². The van der Waals surface area contributed by atoms with Crippen LogP contribution in [0.3, 0.4) is 0 Å². The minimum absolute atomic E-state index is 0.0232. The highest BCUT2D eigenvalue weighted by atomic mass is 35.5. The van der Waals surface area contributed by atoms with E-state index in [2.05, 4.69) is 12.2 Å². The summed E-state index contributed by atoms with van der Waals surface area (Å²) in [4.78, 5) is 23.4. The Morgan fingerprint density at radius 2 is 1.90 bits per heavy atom. The lowest BCUT2D eigenvalue weighted by Gasteiger charge is -2.25. The van der Waals surface area contributed by atoms with Crippen LogP contribution in [-0.4, -0.2) is 17.0 Å². The lowest BCUT2D eigenvalue weighted by Crippen LogP contribution is -2.27. The van der Waals surface area contributed by atoms with Crippen molar-refractivity contribution < 1.29 is 14.7 Å². The van der Waals surface area contributed by atoms with Crippen LogP contribution in [0.2, 0.25) is 5.02 Å².